The van der Waals surface area contributed by atoms with Crippen LogP contribution in [0.1, 0.15) is 11.1 Å². The Labute approximate surface area is 173 Å². The molecule has 146 valence electrons. The number of aryl methyl sites for hydroxylation is 2. The van der Waals surface area contributed by atoms with Crippen molar-refractivity contribution in [3.05, 3.63) is 83.9 Å². The van der Waals surface area contributed by atoms with Gasteiger partial charge in [0.1, 0.15) is 5.82 Å². The maximum atomic E-state index is 5.89. The highest BCUT2D eigenvalue weighted by Gasteiger charge is 2.16. The highest BCUT2D eigenvalue weighted by Crippen LogP contribution is 2.28. The van der Waals surface area contributed by atoms with Gasteiger partial charge in [-0.1, -0.05) is 47.5 Å². The Balaban J connectivity index is 1.56. The first kappa shape index (κ1) is 18.0. The van der Waals surface area contributed by atoms with Gasteiger partial charge >= 0.3 is 0 Å². The smallest absolute Gasteiger partial charge is 0.286 e. The molecule has 0 aliphatic rings. The van der Waals surface area contributed by atoms with Gasteiger partial charge in [0.25, 0.3) is 5.89 Å². The van der Waals surface area contributed by atoms with Gasteiger partial charge in [0.2, 0.25) is 11.7 Å². The summed E-state index contributed by atoms with van der Waals surface area (Å²) in [7, 11) is 0. The Kier molecular flexibility index (Phi) is 4.44. The van der Waals surface area contributed by atoms with Crippen LogP contribution in [0.5, 0.6) is 0 Å². The first-order chi connectivity index (χ1) is 14.7. The molecule has 0 amide bonds. The molecule has 2 heterocycles. The lowest BCUT2D eigenvalue weighted by Gasteiger charge is -2.10. The number of hydrogen-bond acceptors (Lipinski definition) is 6. The van der Waals surface area contributed by atoms with Crippen LogP contribution in [-0.2, 0) is 0 Å². The van der Waals surface area contributed by atoms with E-state index in [4.69, 9.17) is 9.40 Å². The van der Waals surface area contributed by atoms with E-state index in [1.807, 2.05) is 67.6 Å². The number of anilines is 2. The van der Waals surface area contributed by atoms with Gasteiger partial charge in [0.05, 0.1) is 5.52 Å². The molecule has 0 aliphatic heterocycles. The molecule has 0 bridgehead atoms. The zero-order chi connectivity index (χ0) is 20.5. The van der Waals surface area contributed by atoms with Crippen molar-refractivity contribution in [2.45, 2.75) is 13.8 Å². The van der Waals surface area contributed by atoms with Crippen molar-refractivity contribution >= 4 is 22.4 Å². The van der Waals surface area contributed by atoms with Crippen LogP contribution < -0.4 is 5.32 Å². The summed E-state index contributed by atoms with van der Waals surface area (Å²) in [5.41, 5.74) is 4.97. The van der Waals surface area contributed by atoms with Crippen LogP contribution in [0.2, 0.25) is 0 Å². The lowest BCUT2D eigenvalue weighted by Crippen LogP contribution is -1.99. The Morgan fingerprint density at radius 3 is 2.13 bits per heavy atom. The fraction of sp³-hybridized carbons (Fsp3) is 0.0833. The molecule has 0 saturated carbocycles. The van der Waals surface area contributed by atoms with Crippen LogP contribution >= 0.6 is 0 Å². The molecule has 2 aromatic heterocycles. The van der Waals surface area contributed by atoms with Gasteiger partial charge in [-0.25, -0.2) is 9.97 Å². The van der Waals surface area contributed by atoms with Gasteiger partial charge in [0, 0.05) is 16.6 Å². The lowest BCUT2D eigenvalue weighted by molar-refractivity contribution is 0.579. The zero-order valence-corrected chi connectivity index (χ0v) is 16.6. The zero-order valence-electron chi connectivity index (χ0n) is 16.6. The largest absolute Gasteiger partial charge is 0.413 e. The van der Waals surface area contributed by atoms with Crippen LogP contribution in [0.4, 0.5) is 11.5 Å². The van der Waals surface area contributed by atoms with E-state index in [1.165, 1.54) is 11.1 Å². The number of para-hydroxylation sites is 1. The second-order valence-electron chi connectivity index (χ2n) is 7.18. The molecular weight excluding hydrogens is 374 g/mol. The van der Waals surface area contributed by atoms with E-state index in [9.17, 15) is 0 Å². The van der Waals surface area contributed by atoms with Crippen LogP contribution in [0, 0.1) is 13.8 Å². The second-order valence-corrected chi connectivity index (χ2v) is 7.18. The highest BCUT2D eigenvalue weighted by molar-refractivity contribution is 5.91. The van der Waals surface area contributed by atoms with E-state index in [1.54, 1.807) is 0 Å². The number of fused-ring (bicyclic) bond motifs is 1. The van der Waals surface area contributed by atoms with E-state index in [0.29, 0.717) is 17.5 Å². The topological polar surface area (TPSA) is 76.7 Å². The molecular formula is C24H19N5O. The van der Waals surface area contributed by atoms with E-state index in [2.05, 4.69) is 39.6 Å². The van der Waals surface area contributed by atoms with Gasteiger partial charge < -0.3 is 9.73 Å². The number of nitrogens with one attached hydrogen (secondary N) is 1. The Hall–Kier alpha value is -4.06. The SMILES string of the molecule is Cc1ccc(Nc2nc(-c3nnc(-c4ccc(C)cc4)o3)nc3ccccc23)cc1. The van der Waals surface area contributed by atoms with Crippen molar-refractivity contribution in [1.82, 2.24) is 20.2 Å². The molecule has 0 fully saturated rings. The van der Waals surface area contributed by atoms with Crippen LogP contribution in [0.15, 0.2) is 77.2 Å². The molecule has 5 aromatic rings. The van der Waals surface area contributed by atoms with Gasteiger partial charge in [-0.15, -0.1) is 10.2 Å². The van der Waals surface area contributed by atoms with Crippen molar-refractivity contribution in [2.75, 3.05) is 5.32 Å². The van der Waals surface area contributed by atoms with Crippen LogP contribution in [-0.4, -0.2) is 20.2 Å². The predicted molar refractivity (Wildman–Crippen MR) is 117 cm³/mol. The molecule has 0 aliphatic carbocycles. The molecule has 3 aromatic carbocycles. The number of aromatic nitrogens is 4. The van der Waals surface area contributed by atoms with Crippen molar-refractivity contribution in [2.24, 2.45) is 0 Å². The molecule has 6 nitrogen and oxygen atoms in total. The predicted octanol–water partition coefficient (Wildman–Crippen LogP) is 5.71. The Morgan fingerprint density at radius 1 is 0.700 bits per heavy atom. The normalized spacial score (nSPS) is 11.0. The van der Waals surface area contributed by atoms with Crippen LogP contribution in [0.25, 0.3) is 34.1 Å². The summed E-state index contributed by atoms with van der Waals surface area (Å²) in [5, 5.41) is 12.7. The summed E-state index contributed by atoms with van der Waals surface area (Å²) in [6, 6.07) is 23.9. The third-order valence-electron chi connectivity index (χ3n) is 4.83. The minimum atomic E-state index is 0.281. The Morgan fingerprint density at radius 2 is 1.37 bits per heavy atom. The number of hydrogen-bond donors (Lipinski definition) is 1. The molecule has 6 heteroatoms. The third kappa shape index (κ3) is 3.51. The molecule has 0 saturated heterocycles. The molecule has 5 rings (SSSR count). The van der Waals surface area contributed by atoms with Crippen molar-refractivity contribution in [3.8, 4) is 23.2 Å². The standard InChI is InChI=1S/C24H19N5O/c1-15-7-11-17(12-8-15)23-28-29-24(30-23)22-26-20-6-4-3-5-19(20)21(27-22)25-18-13-9-16(2)10-14-18/h3-14H,1-2H3,(H,25,26,27). The molecule has 0 atom stereocenters. The van der Waals surface area contributed by atoms with E-state index in [-0.39, 0.29) is 5.89 Å². The van der Waals surface area contributed by atoms with Gasteiger partial charge in [0.15, 0.2) is 0 Å². The number of benzene rings is 3. The third-order valence-corrected chi connectivity index (χ3v) is 4.83. The molecule has 0 unspecified atom stereocenters. The first-order valence-electron chi connectivity index (χ1n) is 9.67. The summed E-state index contributed by atoms with van der Waals surface area (Å²) in [4.78, 5) is 9.33. The average Bonchev–Trinajstić information content (AvgIpc) is 3.26. The summed E-state index contributed by atoms with van der Waals surface area (Å²) in [5.74, 6) is 1.79. The molecule has 1 N–H and O–H groups in total. The van der Waals surface area contributed by atoms with Crippen molar-refractivity contribution in [1.29, 1.82) is 0 Å². The number of nitrogens with zero attached hydrogens (tertiary/aromatic N) is 4. The molecule has 0 radical (unpaired) electrons. The summed E-state index contributed by atoms with van der Waals surface area (Å²) in [6.45, 7) is 4.09. The summed E-state index contributed by atoms with van der Waals surface area (Å²) >= 11 is 0. The molecule has 0 spiro atoms. The van der Waals surface area contributed by atoms with E-state index < -0.39 is 0 Å². The first-order valence-corrected chi connectivity index (χ1v) is 9.67. The van der Waals surface area contributed by atoms with Gasteiger partial charge in [-0.3, -0.25) is 0 Å². The monoisotopic (exact) mass is 393 g/mol. The quantitative estimate of drug-likeness (QED) is 0.422. The highest BCUT2D eigenvalue weighted by atomic mass is 16.4. The van der Waals surface area contributed by atoms with Crippen molar-refractivity contribution < 1.29 is 4.42 Å². The minimum Gasteiger partial charge on any atom is -0.413 e. The van der Waals surface area contributed by atoms with E-state index in [0.717, 1.165) is 22.2 Å². The lowest BCUT2D eigenvalue weighted by atomic mass is 10.1. The fourth-order valence-electron chi connectivity index (χ4n) is 3.17. The maximum absolute atomic E-state index is 5.89. The Bertz CT molecular complexity index is 1320. The average molecular weight is 393 g/mol. The second kappa shape index (κ2) is 7.40. The van der Waals surface area contributed by atoms with E-state index >= 15 is 0 Å². The van der Waals surface area contributed by atoms with Gasteiger partial charge in [-0.05, 0) is 50.2 Å². The summed E-state index contributed by atoms with van der Waals surface area (Å²) < 4.78 is 5.89. The summed E-state index contributed by atoms with van der Waals surface area (Å²) in [6.07, 6.45) is 0. The number of rotatable bonds is 4. The fourth-order valence-corrected chi connectivity index (χ4v) is 3.17. The minimum absolute atomic E-state index is 0.281. The maximum Gasteiger partial charge on any atom is 0.286 e. The van der Waals surface area contributed by atoms with Gasteiger partial charge in [-0.2, -0.15) is 0 Å². The molecule has 30 heavy (non-hydrogen) atoms. The van der Waals surface area contributed by atoms with Crippen molar-refractivity contribution in [3.63, 3.8) is 0 Å². The van der Waals surface area contributed by atoms with Crippen LogP contribution in [0.3, 0.4) is 0 Å².